The molecule has 4 aromatic rings. The molecule has 4 rings (SSSR count). The summed E-state index contributed by atoms with van der Waals surface area (Å²) in [5, 5.41) is 6.74. The smallest absolute Gasteiger partial charge is 0.269 e. The van der Waals surface area contributed by atoms with Crippen LogP contribution in [0.4, 0.5) is 5.13 Å². The number of hydrogen-bond acceptors (Lipinski definition) is 4. The number of nitrogens with zero attached hydrogens (tertiary/aromatic N) is 1. The number of aryl methyl sites for hydroxylation is 1. The second-order valence-corrected chi connectivity index (χ2v) is 8.95. The van der Waals surface area contributed by atoms with E-state index in [1.807, 2.05) is 54.8 Å². The second kappa shape index (κ2) is 7.12. The summed E-state index contributed by atoms with van der Waals surface area (Å²) in [7, 11) is 0. The molecule has 7 heteroatoms. The number of nitrogens with one attached hydrogen (secondary N) is 1. The van der Waals surface area contributed by atoms with Gasteiger partial charge in [0.05, 0.1) is 10.7 Å². The van der Waals surface area contributed by atoms with Gasteiger partial charge in [-0.1, -0.05) is 51.8 Å². The van der Waals surface area contributed by atoms with Crippen LogP contribution in [0.3, 0.4) is 0 Å². The molecule has 0 saturated carbocycles. The molecular weight excluding hydrogens is 452 g/mol. The third-order valence-electron chi connectivity index (χ3n) is 3.86. The number of fused-ring (bicyclic) bond motifs is 1. The van der Waals surface area contributed by atoms with Crippen molar-refractivity contribution < 1.29 is 4.79 Å². The lowest BCUT2D eigenvalue weighted by Crippen LogP contribution is -2.10. The molecule has 0 aliphatic rings. The normalized spacial score (nSPS) is 11.0. The number of amides is 1. The van der Waals surface area contributed by atoms with Crippen molar-refractivity contribution in [1.29, 1.82) is 0 Å². The summed E-state index contributed by atoms with van der Waals surface area (Å²) in [6, 6.07) is 13.9. The van der Waals surface area contributed by atoms with Gasteiger partial charge in [-0.05, 0) is 30.7 Å². The summed E-state index contributed by atoms with van der Waals surface area (Å²) in [5.74, 6) is -0.231. The number of halogens is 2. The number of anilines is 1. The average Bonchev–Trinajstić information content (AvgIpc) is 3.20. The predicted molar refractivity (Wildman–Crippen MR) is 115 cm³/mol. The highest BCUT2D eigenvalue weighted by molar-refractivity contribution is 9.10. The minimum Gasteiger partial charge on any atom is -0.297 e. The molecule has 2 aromatic carbocycles. The zero-order valence-corrected chi connectivity index (χ0v) is 17.5. The fraction of sp³-hybridized carbons (Fsp3) is 0.0526. The van der Waals surface area contributed by atoms with Gasteiger partial charge in [-0.3, -0.25) is 10.1 Å². The van der Waals surface area contributed by atoms with E-state index >= 15 is 0 Å². The van der Waals surface area contributed by atoms with Gasteiger partial charge in [0.1, 0.15) is 4.88 Å². The van der Waals surface area contributed by atoms with Crippen LogP contribution in [0.5, 0.6) is 0 Å². The monoisotopic (exact) mass is 462 g/mol. The lowest BCUT2D eigenvalue weighted by atomic mass is 10.2. The van der Waals surface area contributed by atoms with Crippen LogP contribution in [0.25, 0.3) is 21.3 Å². The summed E-state index contributed by atoms with van der Waals surface area (Å²) in [4.78, 5) is 17.7. The molecular formula is C19H12BrClN2OS2. The Morgan fingerprint density at radius 3 is 2.73 bits per heavy atom. The van der Waals surface area contributed by atoms with Gasteiger partial charge in [-0.2, -0.15) is 0 Å². The maximum absolute atomic E-state index is 12.7. The minimum atomic E-state index is -0.231. The SMILES string of the molecule is Cc1ccc2c(Cl)c(C(=O)Nc3nc(-c4ccc(Br)cc4)cs3)sc2c1. The number of carbonyl (C=O) groups excluding carboxylic acids is 1. The molecule has 0 aliphatic heterocycles. The maximum atomic E-state index is 12.7. The van der Waals surface area contributed by atoms with Crippen LogP contribution in [0.1, 0.15) is 15.2 Å². The summed E-state index contributed by atoms with van der Waals surface area (Å²) in [6.45, 7) is 2.02. The first-order valence-corrected chi connectivity index (χ1v) is 10.6. The van der Waals surface area contributed by atoms with Crippen molar-refractivity contribution in [3.63, 3.8) is 0 Å². The quantitative estimate of drug-likeness (QED) is 0.355. The molecule has 0 bridgehead atoms. The molecule has 0 aliphatic carbocycles. The molecule has 1 amide bonds. The number of hydrogen-bond donors (Lipinski definition) is 1. The molecule has 0 fully saturated rings. The highest BCUT2D eigenvalue weighted by Crippen LogP contribution is 2.36. The third-order valence-corrected chi connectivity index (χ3v) is 6.80. The van der Waals surface area contributed by atoms with Crippen LogP contribution < -0.4 is 5.32 Å². The van der Waals surface area contributed by atoms with E-state index in [2.05, 4.69) is 26.2 Å². The average molecular weight is 464 g/mol. The lowest BCUT2D eigenvalue weighted by molar-refractivity contribution is 0.103. The highest BCUT2D eigenvalue weighted by atomic mass is 79.9. The van der Waals surface area contributed by atoms with Crippen molar-refractivity contribution in [2.75, 3.05) is 5.32 Å². The Hall–Kier alpha value is -1.73. The van der Waals surface area contributed by atoms with Gasteiger partial charge in [0.2, 0.25) is 0 Å². The van der Waals surface area contributed by atoms with Gasteiger partial charge < -0.3 is 0 Å². The Kier molecular flexibility index (Phi) is 4.84. The molecule has 2 heterocycles. The predicted octanol–water partition coefficient (Wildman–Crippen LogP) is 7.00. The van der Waals surface area contributed by atoms with E-state index in [0.29, 0.717) is 15.0 Å². The van der Waals surface area contributed by atoms with Crippen LogP contribution >= 0.6 is 50.2 Å². The highest BCUT2D eigenvalue weighted by Gasteiger charge is 2.18. The topological polar surface area (TPSA) is 42.0 Å². The summed E-state index contributed by atoms with van der Waals surface area (Å²) in [5.41, 5.74) is 2.97. The number of thiophene rings is 1. The van der Waals surface area contributed by atoms with E-state index < -0.39 is 0 Å². The maximum Gasteiger partial charge on any atom is 0.269 e. The van der Waals surface area contributed by atoms with E-state index in [4.69, 9.17) is 11.6 Å². The number of benzene rings is 2. The van der Waals surface area contributed by atoms with Crippen LogP contribution in [0, 0.1) is 6.92 Å². The first-order chi connectivity index (χ1) is 12.5. The second-order valence-electron chi connectivity index (χ2n) is 5.74. The number of thiazole rings is 1. The zero-order valence-electron chi connectivity index (χ0n) is 13.5. The Bertz CT molecular complexity index is 1120. The van der Waals surface area contributed by atoms with E-state index in [1.165, 1.54) is 22.7 Å². The molecule has 2 aromatic heterocycles. The van der Waals surface area contributed by atoms with Gasteiger partial charge in [-0.15, -0.1) is 22.7 Å². The molecule has 3 nitrogen and oxygen atoms in total. The Balaban J connectivity index is 1.59. The molecule has 130 valence electrons. The van der Waals surface area contributed by atoms with Crippen molar-refractivity contribution in [2.45, 2.75) is 6.92 Å². The molecule has 0 unspecified atom stereocenters. The molecule has 1 N–H and O–H groups in total. The zero-order chi connectivity index (χ0) is 18.3. The number of carbonyl (C=O) groups is 1. The number of aromatic nitrogens is 1. The number of rotatable bonds is 3. The molecule has 0 radical (unpaired) electrons. The summed E-state index contributed by atoms with van der Waals surface area (Å²) < 4.78 is 2.02. The van der Waals surface area contributed by atoms with E-state index in [9.17, 15) is 4.79 Å². The van der Waals surface area contributed by atoms with Crippen molar-refractivity contribution in [1.82, 2.24) is 4.98 Å². The van der Waals surface area contributed by atoms with Crippen molar-refractivity contribution in [2.24, 2.45) is 0 Å². The summed E-state index contributed by atoms with van der Waals surface area (Å²) >= 11 is 12.6. The summed E-state index contributed by atoms with van der Waals surface area (Å²) in [6.07, 6.45) is 0. The van der Waals surface area contributed by atoms with Crippen molar-refractivity contribution in [3.8, 4) is 11.3 Å². The first-order valence-electron chi connectivity index (χ1n) is 7.73. The standard InChI is InChI=1S/C19H12BrClN2OS2/c1-10-2-7-13-15(8-10)26-17(16(13)21)18(24)23-19-22-14(9-25-19)11-3-5-12(20)6-4-11/h2-9H,1H3,(H,22,23,24). The molecule has 26 heavy (non-hydrogen) atoms. The molecule has 0 spiro atoms. The lowest BCUT2D eigenvalue weighted by Gasteiger charge is -2.00. The van der Waals surface area contributed by atoms with Gasteiger partial charge in [-0.25, -0.2) is 4.98 Å². The van der Waals surface area contributed by atoms with Crippen LogP contribution in [0.2, 0.25) is 5.02 Å². The minimum absolute atomic E-state index is 0.231. The fourth-order valence-electron chi connectivity index (χ4n) is 2.56. The molecule has 0 saturated heterocycles. The Labute approximate surface area is 171 Å². The van der Waals surface area contributed by atoms with Crippen molar-refractivity contribution in [3.05, 3.63) is 67.8 Å². The van der Waals surface area contributed by atoms with Gasteiger partial charge in [0, 0.05) is 25.5 Å². The van der Waals surface area contributed by atoms with Gasteiger partial charge in [0.15, 0.2) is 5.13 Å². The Morgan fingerprint density at radius 1 is 1.19 bits per heavy atom. The van der Waals surface area contributed by atoms with Gasteiger partial charge >= 0.3 is 0 Å². The third kappa shape index (κ3) is 3.42. The van der Waals surface area contributed by atoms with Crippen molar-refractivity contribution >= 4 is 71.3 Å². The van der Waals surface area contributed by atoms with Crippen LogP contribution in [-0.4, -0.2) is 10.9 Å². The van der Waals surface area contributed by atoms with Crippen LogP contribution in [0.15, 0.2) is 52.3 Å². The fourth-order valence-corrected chi connectivity index (χ4v) is 5.05. The van der Waals surface area contributed by atoms with E-state index in [0.717, 1.165) is 31.4 Å². The van der Waals surface area contributed by atoms with Crippen LogP contribution in [-0.2, 0) is 0 Å². The Morgan fingerprint density at radius 2 is 1.96 bits per heavy atom. The first kappa shape index (κ1) is 17.7. The largest absolute Gasteiger partial charge is 0.297 e. The van der Waals surface area contributed by atoms with E-state index in [-0.39, 0.29) is 5.91 Å². The molecule has 0 atom stereocenters. The van der Waals surface area contributed by atoms with Gasteiger partial charge in [0.25, 0.3) is 5.91 Å². The van der Waals surface area contributed by atoms with E-state index in [1.54, 1.807) is 0 Å².